The van der Waals surface area contributed by atoms with Gasteiger partial charge in [-0.2, -0.15) is 0 Å². The van der Waals surface area contributed by atoms with Gasteiger partial charge >= 0.3 is 0 Å². The van der Waals surface area contributed by atoms with Crippen molar-refractivity contribution in [1.29, 1.82) is 0 Å². The van der Waals surface area contributed by atoms with Gasteiger partial charge in [-0.15, -0.1) is 13.2 Å². The topological polar surface area (TPSA) is 49.4 Å². The lowest BCUT2D eigenvalue weighted by molar-refractivity contribution is -0.131. The first kappa shape index (κ1) is 17.4. The maximum absolute atomic E-state index is 12.3. The molecule has 0 bridgehead atoms. The number of amides is 2. The lowest BCUT2D eigenvalue weighted by Crippen LogP contribution is -2.47. The molecule has 1 unspecified atom stereocenters. The quantitative estimate of drug-likeness (QED) is 0.567. The summed E-state index contributed by atoms with van der Waals surface area (Å²) < 4.78 is 0.848. The fourth-order valence-electron chi connectivity index (χ4n) is 1.82. The second kappa shape index (κ2) is 8.61. The van der Waals surface area contributed by atoms with Crippen LogP contribution in [0, 0.1) is 3.57 Å². The molecule has 0 spiro atoms. The van der Waals surface area contributed by atoms with Gasteiger partial charge < -0.3 is 10.2 Å². The van der Waals surface area contributed by atoms with Gasteiger partial charge in [0.25, 0.3) is 5.91 Å². The molecule has 0 aliphatic rings. The van der Waals surface area contributed by atoms with E-state index in [0.717, 1.165) is 3.57 Å². The minimum absolute atomic E-state index is 0.158. The van der Waals surface area contributed by atoms with Crippen molar-refractivity contribution in [2.75, 3.05) is 13.1 Å². The van der Waals surface area contributed by atoms with E-state index in [0.29, 0.717) is 18.7 Å². The molecular weight excluding hydrogens is 379 g/mol. The van der Waals surface area contributed by atoms with Crippen LogP contribution in [0.5, 0.6) is 0 Å². The number of rotatable bonds is 7. The van der Waals surface area contributed by atoms with Crippen LogP contribution in [0.3, 0.4) is 0 Å². The Bertz CT molecular complexity index is 533. The number of benzene rings is 1. The second-order valence-electron chi connectivity index (χ2n) is 4.50. The fraction of sp³-hybridized carbons (Fsp3) is 0.250. The molecule has 1 atom stereocenters. The van der Waals surface area contributed by atoms with Crippen LogP contribution < -0.4 is 5.32 Å². The third-order valence-corrected chi connectivity index (χ3v) is 3.79. The molecule has 0 fully saturated rings. The Balaban J connectivity index is 2.75. The summed E-state index contributed by atoms with van der Waals surface area (Å²) in [5, 5.41) is 2.73. The molecule has 1 N–H and O–H groups in total. The molecule has 0 heterocycles. The molecule has 5 heteroatoms. The zero-order valence-electron chi connectivity index (χ0n) is 12.0. The summed E-state index contributed by atoms with van der Waals surface area (Å²) >= 11 is 2.10. The summed E-state index contributed by atoms with van der Waals surface area (Å²) in [5.41, 5.74) is 0.566. The average Bonchev–Trinajstić information content (AvgIpc) is 2.46. The minimum Gasteiger partial charge on any atom is -0.340 e. The highest BCUT2D eigenvalue weighted by atomic mass is 127. The van der Waals surface area contributed by atoms with Crippen LogP contribution in [-0.4, -0.2) is 35.8 Å². The van der Waals surface area contributed by atoms with E-state index in [1.807, 2.05) is 12.1 Å². The van der Waals surface area contributed by atoms with Gasteiger partial charge in [-0.1, -0.05) is 24.3 Å². The molecule has 0 aromatic heterocycles. The van der Waals surface area contributed by atoms with Gasteiger partial charge in [0.1, 0.15) is 6.04 Å². The van der Waals surface area contributed by atoms with Gasteiger partial charge in [0.15, 0.2) is 0 Å². The van der Waals surface area contributed by atoms with Crippen LogP contribution in [-0.2, 0) is 4.79 Å². The van der Waals surface area contributed by atoms with Crippen LogP contribution in [0.1, 0.15) is 17.3 Å². The Kier molecular flexibility index (Phi) is 7.14. The van der Waals surface area contributed by atoms with E-state index >= 15 is 0 Å². The van der Waals surface area contributed by atoms with Gasteiger partial charge in [-0.05, 0) is 41.6 Å². The lowest BCUT2D eigenvalue weighted by atomic mass is 10.2. The van der Waals surface area contributed by atoms with E-state index in [4.69, 9.17) is 0 Å². The van der Waals surface area contributed by atoms with Crippen LogP contribution in [0.2, 0.25) is 0 Å². The van der Waals surface area contributed by atoms with Crippen molar-refractivity contribution < 1.29 is 9.59 Å². The van der Waals surface area contributed by atoms with Crippen molar-refractivity contribution in [1.82, 2.24) is 10.2 Å². The van der Waals surface area contributed by atoms with Gasteiger partial charge in [0, 0.05) is 16.7 Å². The first-order valence-corrected chi connectivity index (χ1v) is 7.65. The number of nitrogens with one attached hydrogen (secondary N) is 1. The number of hydrogen-bond donors (Lipinski definition) is 1. The first-order chi connectivity index (χ1) is 10.0. The van der Waals surface area contributed by atoms with Gasteiger partial charge in [-0.25, -0.2) is 0 Å². The number of hydrogen-bond acceptors (Lipinski definition) is 2. The summed E-state index contributed by atoms with van der Waals surface area (Å²) in [6.07, 6.45) is 3.30. The molecular formula is C16H19IN2O2. The van der Waals surface area contributed by atoms with Gasteiger partial charge in [0.05, 0.1) is 5.56 Å². The SMILES string of the molecule is C=CCN(CC=C)C(=O)C(C)NC(=O)c1ccccc1I. The Morgan fingerprint density at radius 2 is 1.86 bits per heavy atom. The van der Waals surface area contributed by atoms with Gasteiger partial charge in [0.2, 0.25) is 5.91 Å². The third-order valence-electron chi connectivity index (χ3n) is 2.85. The molecule has 21 heavy (non-hydrogen) atoms. The van der Waals surface area contributed by atoms with Crippen molar-refractivity contribution >= 4 is 34.4 Å². The molecule has 2 amide bonds. The monoisotopic (exact) mass is 398 g/mol. The van der Waals surface area contributed by atoms with E-state index in [1.54, 1.807) is 36.1 Å². The molecule has 0 radical (unpaired) electrons. The highest BCUT2D eigenvalue weighted by Gasteiger charge is 2.21. The summed E-state index contributed by atoms with van der Waals surface area (Å²) in [5.74, 6) is -0.410. The summed E-state index contributed by atoms with van der Waals surface area (Å²) in [4.78, 5) is 26.1. The van der Waals surface area contributed by atoms with Crippen LogP contribution in [0.25, 0.3) is 0 Å². The predicted molar refractivity (Wildman–Crippen MR) is 93.1 cm³/mol. The lowest BCUT2D eigenvalue weighted by Gasteiger charge is -2.24. The van der Waals surface area contributed by atoms with Crippen LogP contribution in [0.15, 0.2) is 49.6 Å². The van der Waals surface area contributed by atoms with Crippen LogP contribution in [0.4, 0.5) is 0 Å². The highest BCUT2D eigenvalue weighted by Crippen LogP contribution is 2.11. The zero-order valence-corrected chi connectivity index (χ0v) is 14.2. The van der Waals surface area contributed by atoms with E-state index < -0.39 is 6.04 Å². The summed E-state index contributed by atoms with van der Waals surface area (Å²) in [6.45, 7) is 9.78. The van der Waals surface area contributed by atoms with Crippen molar-refractivity contribution in [3.05, 3.63) is 58.7 Å². The smallest absolute Gasteiger partial charge is 0.252 e. The van der Waals surface area contributed by atoms with Gasteiger partial charge in [-0.3, -0.25) is 9.59 Å². The van der Waals surface area contributed by atoms with E-state index in [-0.39, 0.29) is 11.8 Å². The van der Waals surface area contributed by atoms with Crippen molar-refractivity contribution in [2.45, 2.75) is 13.0 Å². The molecule has 1 rings (SSSR count). The minimum atomic E-state index is -0.603. The normalized spacial score (nSPS) is 11.3. The molecule has 0 aliphatic carbocycles. The fourth-order valence-corrected chi connectivity index (χ4v) is 2.45. The Morgan fingerprint density at radius 3 is 2.38 bits per heavy atom. The Labute approximate surface area is 139 Å². The largest absolute Gasteiger partial charge is 0.340 e. The molecule has 112 valence electrons. The standard InChI is InChI=1S/C16H19IN2O2/c1-4-10-19(11-5-2)16(21)12(3)18-15(20)13-8-6-7-9-14(13)17/h4-9,12H,1-2,10-11H2,3H3,(H,18,20). The first-order valence-electron chi connectivity index (χ1n) is 6.57. The van der Waals surface area contributed by atoms with Crippen LogP contribution >= 0.6 is 22.6 Å². The molecule has 1 aromatic carbocycles. The van der Waals surface area contributed by atoms with E-state index in [2.05, 4.69) is 41.1 Å². The third kappa shape index (κ3) is 5.00. The number of carbonyl (C=O) groups is 2. The van der Waals surface area contributed by atoms with Crippen molar-refractivity contribution in [3.8, 4) is 0 Å². The number of carbonyl (C=O) groups excluding carboxylic acids is 2. The second-order valence-corrected chi connectivity index (χ2v) is 5.66. The van der Waals surface area contributed by atoms with E-state index in [1.165, 1.54) is 0 Å². The summed E-state index contributed by atoms with van der Waals surface area (Å²) in [6, 6.07) is 6.64. The molecule has 0 saturated heterocycles. The maximum atomic E-state index is 12.3. The molecule has 0 aliphatic heterocycles. The highest BCUT2D eigenvalue weighted by molar-refractivity contribution is 14.1. The molecule has 4 nitrogen and oxygen atoms in total. The van der Waals surface area contributed by atoms with Crippen molar-refractivity contribution in [3.63, 3.8) is 0 Å². The number of halogens is 1. The Hall–Kier alpha value is -1.63. The maximum Gasteiger partial charge on any atom is 0.252 e. The van der Waals surface area contributed by atoms with E-state index in [9.17, 15) is 9.59 Å². The molecule has 0 saturated carbocycles. The zero-order chi connectivity index (χ0) is 15.8. The Morgan fingerprint density at radius 1 is 1.29 bits per heavy atom. The molecule has 1 aromatic rings. The number of nitrogens with zero attached hydrogens (tertiary/aromatic N) is 1. The van der Waals surface area contributed by atoms with Crippen molar-refractivity contribution in [2.24, 2.45) is 0 Å². The average molecular weight is 398 g/mol. The summed E-state index contributed by atoms with van der Waals surface area (Å²) in [7, 11) is 0. The predicted octanol–water partition coefficient (Wildman–Crippen LogP) is 2.61.